The SMILES string of the molecule is CC1(C)c2ccccc2-c2ccc(-c3cc(-c4ccccc4-c4ccccc4)c4cc(-c5ccccc5-c5cccc(CCCCCCc6ccccc6)c5)ccc4n3)cc21. The van der Waals surface area contributed by atoms with Crippen LogP contribution in [0.1, 0.15) is 61.8 Å². The molecule has 0 N–H and O–H groups in total. The van der Waals surface area contributed by atoms with Gasteiger partial charge in [0, 0.05) is 16.4 Å². The van der Waals surface area contributed by atoms with Crippen molar-refractivity contribution in [3.05, 3.63) is 222 Å². The Morgan fingerprint density at radius 3 is 1.62 bits per heavy atom. The standard InChI is InChI=1S/C60H51N/c1-60(2)56-33-18-17-32-52(56)53-36-34-47(40-57(53)60)59-41-54(51-31-16-15-28-48(51)44-25-11-6-12-26-44)55-39-46(35-37-58(55)61-59)50-30-14-13-29-49(50)45-27-19-24-43(38-45)23-8-4-3-7-20-42-21-9-5-10-22-42/h5-6,9-19,21-22,24-41H,3-4,7-8,20,23H2,1-2H3. The molecular weight excluding hydrogens is 735 g/mol. The molecule has 10 rings (SSSR count). The lowest BCUT2D eigenvalue weighted by Crippen LogP contribution is -2.14. The van der Waals surface area contributed by atoms with Gasteiger partial charge in [-0.2, -0.15) is 0 Å². The van der Waals surface area contributed by atoms with Crippen molar-refractivity contribution in [2.45, 2.75) is 57.8 Å². The monoisotopic (exact) mass is 785 g/mol. The number of rotatable bonds is 12. The van der Waals surface area contributed by atoms with Gasteiger partial charge in [-0.15, -0.1) is 0 Å². The zero-order chi connectivity index (χ0) is 41.2. The van der Waals surface area contributed by atoms with Gasteiger partial charge in [-0.3, -0.25) is 0 Å². The minimum absolute atomic E-state index is 0.0913. The normalized spacial score (nSPS) is 12.6. The molecule has 1 aliphatic carbocycles. The molecule has 61 heavy (non-hydrogen) atoms. The molecule has 0 atom stereocenters. The van der Waals surface area contributed by atoms with Gasteiger partial charge in [-0.25, -0.2) is 4.98 Å². The van der Waals surface area contributed by atoms with E-state index in [2.05, 4.69) is 214 Å². The molecule has 1 aliphatic rings. The van der Waals surface area contributed by atoms with Crippen LogP contribution in [-0.2, 0) is 18.3 Å². The first-order valence-electron chi connectivity index (χ1n) is 22.1. The average molecular weight is 786 g/mol. The number of hydrogen-bond acceptors (Lipinski definition) is 1. The Morgan fingerprint density at radius 1 is 0.344 bits per heavy atom. The van der Waals surface area contributed by atoms with Crippen LogP contribution in [0.25, 0.3) is 77.8 Å². The summed E-state index contributed by atoms with van der Waals surface area (Å²) in [6.07, 6.45) is 7.26. The number of nitrogens with zero attached hydrogens (tertiary/aromatic N) is 1. The van der Waals surface area contributed by atoms with Crippen LogP contribution in [0.3, 0.4) is 0 Å². The van der Waals surface area contributed by atoms with Gasteiger partial charge in [-0.1, -0.05) is 203 Å². The quantitative estimate of drug-likeness (QED) is 0.112. The van der Waals surface area contributed by atoms with Crippen molar-refractivity contribution in [1.29, 1.82) is 0 Å². The van der Waals surface area contributed by atoms with E-state index in [9.17, 15) is 0 Å². The van der Waals surface area contributed by atoms with Gasteiger partial charge in [0.1, 0.15) is 0 Å². The summed E-state index contributed by atoms with van der Waals surface area (Å²) < 4.78 is 0. The van der Waals surface area contributed by atoms with Gasteiger partial charge in [0.05, 0.1) is 11.2 Å². The fraction of sp³-hybridized carbons (Fsp3) is 0.150. The molecule has 8 aromatic carbocycles. The molecule has 1 heterocycles. The molecule has 0 amide bonds. The van der Waals surface area contributed by atoms with E-state index in [1.807, 2.05) is 0 Å². The molecular formula is C60H51N. The molecule has 0 unspecified atom stereocenters. The maximum Gasteiger partial charge on any atom is 0.0716 e. The first-order chi connectivity index (χ1) is 30.0. The maximum absolute atomic E-state index is 5.45. The number of pyridine rings is 1. The molecule has 0 saturated carbocycles. The Morgan fingerprint density at radius 2 is 0.885 bits per heavy atom. The van der Waals surface area contributed by atoms with E-state index in [-0.39, 0.29) is 5.41 Å². The molecule has 0 bridgehead atoms. The first-order valence-corrected chi connectivity index (χ1v) is 22.1. The number of benzene rings is 8. The van der Waals surface area contributed by atoms with E-state index in [1.54, 1.807) is 0 Å². The van der Waals surface area contributed by atoms with Crippen LogP contribution in [-0.4, -0.2) is 4.98 Å². The Labute approximate surface area is 361 Å². The fourth-order valence-electron chi connectivity index (χ4n) is 9.75. The summed E-state index contributed by atoms with van der Waals surface area (Å²) in [7, 11) is 0. The van der Waals surface area contributed by atoms with E-state index in [1.165, 1.54) is 110 Å². The topological polar surface area (TPSA) is 12.9 Å². The van der Waals surface area contributed by atoms with Crippen molar-refractivity contribution in [3.8, 4) is 66.9 Å². The first kappa shape index (κ1) is 38.4. The van der Waals surface area contributed by atoms with Crippen LogP contribution < -0.4 is 0 Å². The third-order valence-corrected chi connectivity index (χ3v) is 13.0. The Kier molecular flexibility index (Phi) is 10.5. The van der Waals surface area contributed by atoms with Crippen molar-refractivity contribution in [3.63, 3.8) is 0 Å². The van der Waals surface area contributed by atoms with E-state index < -0.39 is 0 Å². The van der Waals surface area contributed by atoms with Crippen molar-refractivity contribution in [2.75, 3.05) is 0 Å². The molecule has 0 aliphatic heterocycles. The zero-order valence-corrected chi connectivity index (χ0v) is 35.2. The Bertz CT molecular complexity index is 2990. The van der Waals surface area contributed by atoms with Crippen LogP contribution in [0.4, 0.5) is 0 Å². The zero-order valence-electron chi connectivity index (χ0n) is 35.2. The van der Waals surface area contributed by atoms with Gasteiger partial charge in [0.15, 0.2) is 0 Å². The molecule has 1 heteroatoms. The van der Waals surface area contributed by atoms with Gasteiger partial charge in [0.25, 0.3) is 0 Å². The highest BCUT2D eigenvalue weighted by atomic mass is 14.7. The Hall–Kier alpha value is -6.83. The predicted molar refractivity (Wildman–Crippen MR) is 259 cm³/mol. The van der Waals surface area contributed by atoms with Crippen molar-refractivity contribution in [2.24, 2.45) is 0 Å². The summed E-state index contributed by atoms with van der Waals surface area (Å²) >= 11 is 0. The lowest BCUT2D eigenvalue weighted by molar-refractivity contribution is 0.640. The van der Waals surface area contributed by atoms with Gasteiger partial charge in [0.2, 0.25) is 0 Å². The van der Waals surface area contributed by atoms with E-state index in [0.29, 0.717) is 0 Å². The van der Waals surface area contributed by atoms with Crippen LogP contribution in [0, 0.1) is 0 Å². The molecule has 1 aromatic heterocycles. The summed E-state index contributed by atoms with van der Waals surface area (Å²) in [6, 6.07) is 73.7. The summed E-state index contributed by atoms with van der Waals surface area (Å²) in [6.45, 7) is 4.70. The number of fused-ring (bicyclic) bond motifs is 4. The van der Waals surface area contributed by atoms with Crippen LogP contribution in [0.5, 0.6) is 0 Å². The smallest absolute Gasteiger partial charge is 0.0716 e. The lowest BCUT2D eigenvalue weighted by atomic mass is 9.81. The second-order valence-electron chi connectivity index (χ2n) is 17.3. The number of unbranched alkanes of at least 4 members (excludes halogenated alkanes) is 3. The highest BCUT2D eigenvalue weighted by Gasteiger charge is 2.35. The second kappa shape index (κ2) is 16.7. The Balaban J connectivity index is 1.02. The van der Waals surface area contributed by atoms with Crippen LogP contribution >= 0.6 is 0 Å². The van der Waals surface area contributed by atoms with Crippen molar-refractivity contribution < 1.29 is 0 Å². The second-order valence-corrected chi connectivity index (χ2v) is 17.3. The van der Waals surface area contributed by atoms with E-state index in [4.69, 9.17) is 4.98 Å². The van der Waals surface area contributed by atoms with E-state index >= 15 is 0 Å². The number of aromatic nitrogens is 1. The molecule has 1 nitrogen and oxygen atoms in total. The van der Waals surface area contributed by atoms with Gasteiger partial charge in [-0.05, 0) is 128 Å². The van der Waals surface area contributed by atoms with Gasteiger partial charge >= 0.3 is 0 Å². The minimum atomic E-state index is -0.0913. The van der Waals surface area contributed by atoms with Crippen molar-refractivity contribution >= 4 is 10.9 Å². The summed E-state index contributed by atoms with van der Waals surface area (Å²) in [5.41, 5.74) is 21.0. The molecule has 0 saturated heterocycles. The fourth-order valence-corrected chi connectivity index (χ4v) is 9.75. The minimum Gasteiger partial charge on any atom is -0.248 e. The maximum atomic E-state index is 5.45. The van der Waals surface area contributed by atoms with E-state index in [0.717, 1.165) is 28.6 Å². The molecule has 9 aromatic rings. The third kappa shape index (κ3) is 7.62. The molecule has 0 spiro atoms. The summed E-state index contributed by atoms with van der Waals surface area (Å²) in [4.78, 5) is 5.45. The third-order valence-electron chi connectivity index (χ3n) is 13.0. The van der Waals surface area contributed by atoms with Crippen molar-refractivity contribution in [1.82, 2.24) is 4.98 Å². The molecule has 296 valence electrons. The highest BCUT2D eigenvalue weighted by Crippen LogP contribution is 2.50. The molecule has 0 fully saturated rings. The summed E-state index contributed by atoms with van der Waals surface area (Å²) in [5, 5.41) is 1.15. The van der Waals surface area contributed by atoms with Crippen LogP contribution in [0.15, 0.2) is 200 Å². The number of hydrogen-bond donors (Lipinski definition) is 0. The van der Waals surface area contributed by atoms with Gasteiger partial charge < -0.3 is 0 Å². The predicted octanol–water partition coefficient (Wildman–Crippen LogP) is 16.2. The largest absolute Gasteiger partial charge is 0.248 e. The summed E-state index contributed by atoms with van der Waals surface area (Å²) in [5.74, 6) is 0. The number of aryl methyl sites for hydroxylation is 2. The molecule has 0 radical (unpaired) electrons. The lowest BCUT2D eigenvalue weighted by Gasteiger charge is -2.22. The average Bonchev–Trinajstić information content (AvgIpc) is 3.55. The highest BCUT2D eigenvalue weighted by molar-refractivity contribution is 6.03. The van der Waals surface area contributed by atoms with Crippen LogP contribution in [0.2, 0.25) is 0 Å².